The number of rotatable bonds is 2. The molecular weight excluding hydrogens is 311 g/mol. The molecule has 118 valence electrons. The molecule has 0 fully saturated rings. The van der Waals surface area contributed by atoms with Crippen LogP contribution in [0.2, 0.25) is 0 Å². The molecule has 4 nitrogen and oxygen atoms in total. The summed E-state index contributed by atoms with van der Waals surface area (Å²) in [5, 5.41) is 0. The van der Waals surface area contributed by atoms with E-state index in [0.717, 1.165) is 12.1 Å². The number of halogens is 3. The average molecular weight is 321 g/mol. The number of para-hydroxylation sites is 1. The second-order valence-electron chi connectivity index (χ2n) is 4.74. The lowest BCUT2D eigenvalue weighted by molar-refractivity contribution is -0.137. The molecule has 0 aliphatic rings. The monoisotopic (exact) mass is 321 g/mol. The molecule has 0 saturated heterocycles. The molecule has 0 aliphatic carbocycles. The number of nitrogens with zero attached hydrogens (tertiary/aromatic N) is 1. The third-order valence-electron chi connectivity index (χ3n) is 3.28. The number of fused-ring (bicyclic) bond motifs is 1. The number of methoxy groups -OCH3 is 1. The van der Waals surface area contributed by atoms with E-state index in [4.69, 9.17) is 4.42 Å². The van der Waals surface area contributed by atoms with Gasteiger partial charge in [-0.25, -0.2) is 9.78 Å². The Morgan fingerprint density at radius 2 is 1.83 bits per heavy atom. The topological polar surface area (TPSA) is 52.3 Å². The van der Waals surface area contributed by atoms with E-state index in [-0.39, 0.29) is 17.0 Å². The summed E-state index contributed by atoms with van der Waals surface area (Å²) in [6.07, 6.45) is -4.40. The molecule has 0 aliphatic heterocycles. The number of ether oxygens (including phenoxy) is 1. The first-order valence-corrected chi connectivity index (χ1v) is 6.55. The number of esters is 1. The molecule has 0 atom stereocenters. The van der Waals surface area contributed by atoms with E-state index in [2.05, 4.69) is 9.72 Å². The highest BCUT2D eigenvalue weighted by Crippen LogP contribution is 2.32. The molecule has 7 heteroatoms. The predicted molar refractivity (Wildman–Crippen MR) is 75.8 cm³/mol. The molecule has 0 spiro atoms. The maximum atomic E-state index is 12.6. The number of carbonyl (C=O) groups is 1. The van der Waals surface area contributed by atoms with Crippen LogP contribution in [0.1, 0.15) is 15.9 Å². The van der Waals surface area contributed by atoms with Crippen molar-refractivity contribution >= 4 is 17.1 Å². The number of hydrogen-bond donors (Lipinski definition) is 0. The van der Waals surface area contributed by atoms with E-state index in [9.17, 15) is 18.0 Å². The Morgan fingerprint density at radius 1 is 1.13 bits per heavy atom. The molecule has 0 saturated carbocycles. The van der Waals surface area contributed by atoms with Crippen LogP contribution in [0.3, 0.4) is 0 Å². The largest absolute Gasteiger partial charge is 0.465 e. The van der Waals surface area contributed by atoms with Gasteiger partial charge in [-0.2, -0.15) is 13.2 Å². The molecule has 0 amide bonds. The van der Waals surface area contributed by atoms with Crippen LogP contribution in [0, 0.1) is 0 Å². The van der Waals surface area contributed by atoms with Gasteiger partial charge in [0, 0.05) is 5.56 Å². The van der Waals surface area contributed by atoms with Gasteiger partial charge in [0.25, 0.3) is 0 Å². The highest BCUT2D eigenvalue weighted by molar-refractivity contribution is 6.01. The Kier molecular flexibility index (Phi) is 3.55. The van der Waals surface area contributed by atoms with Gasteiger partial charge in [0.15, 0.2) is 5.58 Å². The van der Waals surface area contributed by atoms with Crippen LogP contribution < -0.4 is 0 Å². The Labute approximate surface area is 128 Å². The lowest BCUT2D eigenvalue weighted by Gasteiger charge is -2.06. The van der Waals surface area contributed by atoms with Gasteiger partial charge in [0.1, 0.15) is 11.1 Å². The van der Waals surface area contributed by atoms with Crippen LogP contribution in [0.5, 0.6) is 0 Å². The molecule has 3 rings (SSSR count). The third-order valence-corrected chi connectivity index (χ3v) is 3.28. The summed E-state index contributed by atoms with van der Waals surface area (Å²) in [6.45, 7) is 0. The second kappa shape index (κ2) is 5.42. The Balaban J connectivity index is 2.06. The average Bonchev–Trinajstić information content (AvgIpc) is 2.97. The van der Waals surface area contributed by atoms with E-state index in [1.165, 1.54) is 25.3 Å². The lowest BCUT2D eigenvalue weighted by Crippen LogP contribution is -2.03. The van der Waals surface area contributed by atoms with Gasteiger partial charge in [-0.05, 0) is 36.4 Å². The fraction of sp³-hybridized carbons (Fsp3) is 0.125. The van der Waals surface area contributed by atoms with Crippen molar-refractivity contribution in [2.75, 3.05) is 7.11 Å². The minimum atomic E-state index is -4.40. The van der Waals surface area contributed by atoms with Crippen LogP contribution in [0.25, 0.3) is 22.6 Å². The van der Waals surface area contributed by atoms with E-state index in [1.807, 2.05) is 0 Å². The van der Waals surface area contributed by atoms with Crippen molar-refractivity contribution < 1.29 is 27.1 Å². The Hall–Kier alpha value is -2.83. The van der Waals surface area contributed by atoms with Gasteiger partial charge in [-0.3, -0.25) is 0 Å². The number of aromatic nitrogens is 1. The molecule has 2 aromatic carbocycles. The normalized spacial score (nSPS) is 11.7. The first-order chi connectivity index (χ1) is 10.9. The van der Waals surface area contributed by atoms with Crippen molar-refractivity contribution in [3.8, 4) is 11.5 Å². The highest BCUT2D eigenvalue weighted by Gasteiger charge is 2.30. The first-order valence-electron chi connectivity index (χ1n) is 6.55. The SMILES string of the molecule is COC(=O)c1cccc2nc(-c3ccc(C(F)(F)F)cc3)oc12. The van der Waals surface area contributed by atoms with Crippen LogP contribution in [0.15, 0.2) is 46.9 Å². The summed E-state index contributed by atoms with van der Waals surface area (Å²) < 4.78 is 47.9. The molecule has 1 heterocycles. The maximum Gasteiger partial charge on any atom is 0.416 e. The molecule has 1 aromatic heterocycles. The van der Waals surface area contributed by atoms with Crippen molar-refractivity contribution in [2.24, 2.45) is 0 Å². The summed E-state index contributed by atoms with van der Waals surface area (Å²) in [7, 11) is 1.24. The van der Waals surface area contributed by atoms with Crippen molar-refractivity contribution in [3.63, 3.8) is 0 Å². The smallest absolute Gasteiger partial charge is 0.416 e. The van der Waals surface area contributed by atoms with Gasteiger partial charge < -0.3 is 9.15 Å². The zero-order valence-electron chi connectivity index (χ0n) is 11.8. The number of hydrogen-bond acceptors (Lipinski definition) is 4. The van der Waals surface area contributed by atoms with Crippen molar-refractivity contribution in [3.05, 3.63) is 53.6 Å². The van der Waals surface area contributed by atoms with Gasteiger partial charge in [0.2, 0.25) is 5.89 Å². The molecule has 0 bridgehead atoms. The molecule has 3 aromatic rings. The molecule has 0 N–H and O–H groups in total. The standard InChI is InChI=1S/C16H10F3NO3/c1-22-15(21)11-3-2-4-12-13(11)23-14(20-12)9-5-7-10(8-6-9)16(17,18)19/h2-8H,1H3. The van der Waals surface area contributed by atoms with Gasteiger partial charge >= 0.3 is 12.1 Å². The van der Waals surface area contributed by atoms with E-state index in [0.29, 0.717) is 11.1 Å². The number of benzene rings is 2. The molecule has 23 heavy (non-hydrogen) atoms. The second-order valence-corrected chi connectivity index (χ2v) is 4.74. The quantitative estimate of drug-likeness (QED) is 0.660. The van der Waals surface area contributed by atoms with Gasteiger partial charge in [-0.15, -0.1) is 0 Å². The van der Waals surface area contributed by atoms with E-state index in [1.54, 1.807) is 12.1 Å². The van der Waals surface area contributed by atoms with Crippen molar-refractivity contribution in [1.82, 2.24) is 4.98 Å². The lowest BCUT2D eigenvalue weighted by atomic mass is 10.1. The maximum absolute atomic E-state index is 12.6. The third kappa shape index (κ3) is 2.77. The van der Waals surface area contributed by atoms with Gasteiger partial charge in [-0.1, -0.05) is 6.07 Å². The molecule has 0 unspecified atom stereocenters. The van der Waals surface area contributed by atoms with E-state index >= 15 is 0 Å². The van der Waals surface area contributed by atoms with Crippen LogP contribution >= 0.6 is 0 Å². The number of alkyl halides is 3. The minimum Gasteiger partial charge on any atom is -0.465 e. The molecule has 0 radical (unpaired) electrons. The fourth-order valence-corrected chi connectivity index (χ4v) is 2.14. The zero-order valence-corrected chi connectivity index (χ0v) is 11.8. The van der Waals surface area contributed by atoms with Crippen molar-refractivity contribution in [1.29, 1.82) is 0 Å². The summed E-state index contributed by atoms with van der Waals surface area (Å²) in [5.74, 6) is -0.448. The Bertz CT molecular complexity index is 866. The number of carbonyl (C=O) groups excluding carboxylic acids is 1. The summed E-state index contributed by atoms with van der Waals surface area (Å²) in [4.78, 5) is 15.9. The first kappa shape index (κ1) is 15.1. The summed E-state index contributed by atoms with van der Waals surface area (Å²) in [5.41, 5.74) is 0.477. The number of oxazole rings is 1. The van der Waals surface area contributed by atoms with E-state index < -0.39 is 17.7 Å². The Morgan fingerprint density at radius 3 is 2.43 bits per heavy atom. The molecular formula is C16H10F3NO3. The zero-order chi connectivity index (χ0) is 16.6. The fourth-order valence-electron chi connectivity index (χ4n) is 2.14. The van der Waals surface area contributed by atoms with Crippen LogP contribution in [0.4, 0.5) is 13.2 Å². The highest BCUT2D eigenvalue weighted by atomic mass is 19.4. The predicted octanol–water partition coefficient (Wildman–Crippen LogP) is 4.30. The summed E-state index contributed by atoms with van der Waals surface area (Å²) in [6, 6.07) is 9.22. The van der Waals surface area contributed by atoms with Crippen LogP contribution in [-0.4, -0.2) is 18.1 Å². The van der Waals surface area contributed by atoms with Gasteiger partial charge in [0.05, 0.1) is 12.7 Å². The van der Waals surface area contributed by atoms with Crippen LogP contribution in [-0.2, 0) is 10.9 Å². The van der Waals surface area contributed by atoms with Crippen molar-refractivity contribution in [2.45, 2.75) is 6.18 Å². The summed E-state index contributed by atoms with van der Waals surface area (Å²) >= 11 is 0. The minimum absolute atomic E-state index is 0.130.